The topological polar surface area (TPSA) is 104 Å². The van der Waals surface area contributed by atoms with Gasteiger partial charge in [-0.05, 0) is 54.1 Å². The maximum atomic E-state index is 12.9. The van der Waals surface area contributed by atoms with Gasteiger partial charge in [-0.15, -0.1) is 0 Å². The molecule has 1 aromatic heterocycles. The van der Waals surface area contributed by atoms with E-state index in [4.69, 9.17) is 4.42 Å². The first-order chi connectivity index (χ1) is 18.0. The third kappa shape index (κ3) is 7.32. The van der Waals surface area contributed by atoms with E-state index in [0.717, 1.165) is 5.56 Å². The quantitative estimate of drug-likeness (QED) is 0.299. The van der Waals surface area contributed by atoms with Gasteiger partial charge in [0.15, 0.2) is 0 Å². The molecule has 0 aliphatic rings. The molecule has 1 heterocycles. The summed E-state index contributed by atoms with van der Waals surface area (Å²) < 4.78 is 5.22. The van der Waals surface area contributed by atoms with E-state index in [1.807, 2.05) is 30.3 Å². The molecule has 8 heteroatoms. The Morgan fingerprint density at radius 1 is 0.811 bits per heavy atom. The predicted molar refractivity (Wildman–Crippen MR) is 142 cm³/mol. The largest absolute Gasteiger partial charge is 0.467 e. The molecule has 4 aromatic rings. The molecule has 3 N–H and O–H groups in total. The lowest BCUT2D eigenvalue weighted by molar-refractivity contribution is -0.114. The van der Waals surface area contributed by atoms with Crippen LogP contribution >= 0.6 is 0 Å². The van der Waals surface area contributed by atoms with E-state index in [2.05, 4.69) is 16.0 Å². The van der Waals surface area contributed by atoms with Crippen LogP contribution in [0.15, 0.2) is 102 Å². The number of hydrogen-bond donors (Lipinski definition) is 3. The van der Waals surface area contributed by atoms with Crippen LogP contribution in [-0.4, -0.2) is 36.2 Å². The maximum Gasteiger partial charge on any atom is 0.253 e. The number of benzene rings is 3. The number of anilines is 2. The average molecular weight is 497 g/mol. The highest BCUT2D eigenvalue weighted by Gasteiger charge is 2.13. The Bertz CT molecular complexity index is 1350. The number of amides is 3. The first kappa shape index (κ1) is 25.2. The second-order valence-corrected chi connectivity index (χ2v) is 8.47. The van der Waals surface area contributed by atoms with Crippen molar-refractivity contribution >= 4 is 29.1 Å². The smallest absolute Gasteiger partial charge is 0.253 e. The summed E-state index contributed by atoms with van der Waals surface area (Å²) in [6.07, 6.45) is 1.55. The number of nitrogens with one attached hydrogen (secondary N) is 3. The van der Waals surface area contributed by atoms with Crippen LogP contribution in [0.25, 0.3) is 0 Å². The van der Waals surface area contributed by atoms with Gasteiger partial charge in [0.05, 0.1) is 19.4 Å². The summed E-state index contributed by atoms with van der Waals surface area (Å²) in [5.41, 5.74) is 3.15. The highest BCUT2D eigenvalue weighted by Crippen LogP contribution is 2.15. The Morgan fingerprint density at radius 2 is 1.54 bits per heavy atom. The zero-order valence-corrected chi connectivity index (χ0v) is 20.4. The molecule has 0 spiro atoms. The highest BCUT2D eigenvalue weighted by atomic mass is 16.3. The highest BCUT2D eigenvalue weighted by molar-refractivity contribution is 5.98. The second-order valence-electron chi connectivity index (χ2n) is 8.47. The van der Waals surface area contributed by atoms with Crippen LogP contribution in [0.4, 0.5) is 11.4 Å². The Hall–Kier alpha value is -4.85. The first-order valence-electron chi connectivity index (χ1n) is 11.8. The van der Waals surface area contributed by atoms with Crippen molar-refractivity contribution < 1.29 is 18.8 Å². The minimum atomic E-state index is -0.286. The normalized spacial score (nSPS) is 10.4. The third-order valence-electron chi connectivity index (χ3n) is 5.58. The summed E-state index contributed by atoms with van der Waals surface area (Å²) >= 11 is 0. The van der Waals surface area contributed by atoms with Crippen LogP contribution in [0.1, 0.15) is 32.0 Å². The molecule has 0 aliphatic heterocycles. The van der Waals surface area contributed by atoms with Crippen molar-refractivity contribution in [3.8, 4) is 0 Å². The molecule has 0 atom stereocenters. The van der Waals surface area contributed by atoms with Crippen molar-refractivity contribution in [1.82, 2.24) is 10.2 Å². The summed E-state index contributed by atoms with van der Waals surface area (Å²) in [5, 5.41) is 8.61. The molecule has 0 bridgehead atoms. The molecule has 0 unspecified atom stereocenters. The van der Waals surface area contributed by atoms with E-state index in [0.29, 0.717) is 34.8 Å². The number of furan rings is 1. The summed E-state index contributed by atoms with van der Waals surface area (Å²) in [7, 11) is 1.76. The predicted octanol–water partition coefficient (Wildman–Crippen LogP) is 4.53. The molecule has 3 aromatic carbocycles. The molecule has 4 rings (SSSR count). The molecular formula is C29H28N4O4. The van der Waals surface area contributed by atoms with Gasteiger partial charge in [0.1, 0.15) is 5.76 Å². The summed E-state index contributed by atoms with van der Waals surface area (Å²) in [4.78, 5) is 39.4. The Kier molecular flexibility index (Phi) is 8.33. The lowest BCUT2D eigenvalue weighted by atomic mass is 10.1. The van der Waals surface area contributed by atoms with E-state index < -0.39 is 0 Å². The van der Waals surface area contributed by atoms with Gasteiger partial charge in [-0.25, -0.2) is 0 Å². The summed E-state index contributed by atoms with van der Waals surface area (Å²) in [6.45, 7) is 0.766. The van der Waals surface area contributed by atoms with Crippen molar-refractivity contribution in [1.29, 1.82) is 0 Å². The monoisotopic (exact) mass is 496 g/mol. The van der Waals surface area contributed by atoms with E-state index in [-0.39, 0.29) is 30.8 Å². The number of carbonyl (C=O) groups is 3. The zero-order valence-electron chi connectivity index (χ0n) is 20.4. The van der Waals surface area contributed by atoms with E-state index in [1.54, 1.807) is 78.9 Å². The summed E-state index contributed by atoms with van der Waals surface area (Å²) in [5.74, 6) is -0.0213. The SMILES string of the molecule is CN(Cc1ccccc1)C(=O)c1cccc(NCC(=O)Nc2cccc(C(=O)NCc3ccco3)c2)c1. The fourth-order valence-corrected chi connectivity index (χ4v) is 3.72. The van der Waals surface area contributed by atoms with Crippen molar-refractivity contribution in [2.75, 3.05) is 24.2 Å². The second kappa shape index (κ2) is 12.2. The van der Waals surface area contributed by atoms with Gasteiger partial charge in [0, 0.05) is 36.1 Å². The molecule has 0 radical (unpaired) electrons. The lowest BCUT2D eigenvalue weighted by Crippen LogP contribution is -2.26. The van der Waals surface area contributed by atoms with Crippen molar-refractivity contribution in [2.24, 2.45) is 0 Å². The first-order valence-corrected chi connectivity index (χ1v) is 11.8. The molecule has 0 saturated heterocycles. The average Bonchev–Trinajstić information content (AvgIpc) is 3.45. The van der Waals surface area contributed by atoms with Gasteiger partial charge in [-0.3, -0.25) is 14.4 Å². The fourth-order valence-electron chi connectivity index (χ4n) is 3.72. The van der Waals surface area contributed by atoms with Gasteiger partial charge >= 0.3 is 0 Å². The lowest BCUT2D eigenvalue weighted by Gasteiger charge is -2.18. The van der Waals surface area contributed by atoms with Gasteiger partial charge in [0.25, 0.3) is 11.8 Å². The maximum absolute atomic E-state index is 12.9. The van der Waals surface area contributed by atoms with Crippen LogP contribution in [0.3, 0.4) is 0 Å². The molecule has 8 nitrogen and oxygen atoms in total. The van der Waals surface area contributed by atoms with E-state index >= 15 is 0 Å². The van der Waals surface area contributed by atoms with Crippen molar-refractivity contribution in [3.63, 3.8) is 0 Å². The van der Waals surface area contributed by atoms with Gasteiger partial charge in [-0.2, -0.15) is 0 Å². The molecule has 188 valence electrons. The standard InChI is InChI=1S/C29H28N4O4/c1-33(20-21-8-3-2-4-9-21)29(36)23-11-6-12-24(17-23)30-19-27(34)32-25-13-5-10-22(16-25)28(35)31-18-26-14-7-15-37-26/h2-17,30H,18-20H2,1H3,(H,31,35)(H,32,34). The van der Waals surface area contributed by atoms with Gasteiger partial charge in [-0.1, -0.05) is 42.5 Å². The van der Waals surface area contributed by atoms with Crippen molar-refractivity contribution in [2.45, 2.75) is 13.1 Å². The molecular weight excluding hydrogens is 468 g/mol. The minimum Gasteiger partial charge on any atom is -0.467 e. The summed E-state index contributed by atoms with van der Waals surface area (Å²) in [6, 6.07) is 27.0. The van der Waals surface area contributed by atoms with Crippen molar-refractivity contribution in [3.05, 3.63) is 120 Å². The minimum absolute atomic E-state index is 0.00752. The van der Waals surface area contributed by atoms with E-state index in [9.17, 15) is 14.4 Å². The van der Waals surface area contributed by atoms with Crippen LogP contribution < -0.4 is 16.0 Å². The molecule has 0 fully saturated rings. The number of rotatable bonds is 10. The number of nitrogens with zero attached hydrogens (tertiary/aromatic N) is 1. The zero-order chi connectivity index (χ0) is 26.0. The molecule has 37 heavy (non-hydrogen) atoms. The molecule has 3 amide bonds. The molecule has 0 saturated carbocycles. The Labute approximate surface area is 215 Å². The third-order valence-corrected chi connectivity index (χ3v) is 5.58. The van der Waals surface area contributed by atoms with Crippen LogP contribution in [0.2, 0.25) is 0 Å². The fraction of sp³-hybridized carbons (Fsp3) is 0.138. The Morgan fingerprint density at radius 3 is 2.30 bits per heavy atom. The Balaban J connectivity index is 1.29. The van der Waals surface area contributed by atoms with Crippen LogP contribution in [-0.2, 0) is 17.9 Å². The van der Waals surface area contributed by atoms with Gasteiger partial charge < -0.3 is 25.3 Å². The van der Waals surface area contributed by atoms with Crippen LogP contribution in [0.5, 0.6) is 0 Å². The molecule has 0 aliphatic carbocycles. The van der Waals surface area contributed by atoms with Gasteiger partial charge in [0.2, 0.25) is 5.91 Å². The number of hydrogen-bond acceptors (Lipinski definition) is 5. The van der Waals surface area contributed by atoms with Crippen LogP contribution in [0, 0.1) is 0 Å². The van der Waals surface area contributed by atoms with E-state index in [1.165, 1.54) is 0 Å². The number of carbonyl (C=O) groups excluding carboxylic acids is 3.